The lowest BCUT2D eigenvalue weighted by atomic mass is 10.2. The normalized spacial score (nSPS) is 12.1. The molecule has 0 bridgehead atoms. The fourth-order valence-corrected chi connectivity index (χ4v) is 2.49. The molecule has 1 aromatic rings. The van der Waals surface area contributed by atoms with Gasteiger partial charge in [0.15, 0.2) is 13.1 Å². The molecule has 0 amide bonds. The second-order valence-electron chi connectivity index (χ2n) is 5.11. The number of rotatable bonds is 8. The van der Waals surface area contributed by atoms with Gasteiger partial charge in [0.2, 0.25) is 0 Å². The Hall–Kier alpha value is -0.720. The zero-order valence-corrected chi connectivity index (χ0v) is 14.7. The minimum atomic E-state index is -0.549. The van der Waals surface area contributed by atoms with E-state index in [-0.39, 0.29) is 6.79 Å². The quantitative estimate of drug-likeness (QED) is 0.403. The van der Waals surface area contributed by atoms with Gasteiger partial charge >= 0.3 is 0 Å². The van der Waals surface area contributed by atoms with E-state index in [0.717, 1.165) is 12.0 Å². The van der Waals surface area contributed by atoms with Crippen LogP contribution in [0.3, 0.4) is 0 Å². The van der Waals surface area contributed by atoms with Crippen LogP contribution in [-0.2, 0) is 4.74 Å². The molecule has 1 aromatic carbocycles. The van der Waals surface area contributed by atoms with E-state index in [1.165, 1.54) is 0 Å². The molecule has 0 atom stereocenters. The maximum Gasteiger partial charge on any atom is 0.189 e. The van der Waals surface area contributed by atoms with Crippen molar-refractivity contribution < 1.29 is 19.0 Å². The molecule has 0 saturated heterocycles. The Morgan fingerprint density at radius 3 is 2.55 bits per heavy atom. The van der Waals surface area contributed by atoms with Crippen LogP contribution in [0.5, 0.6) is 11.5 Å². The second kappa shape index (κ2) is 7.90. The van der Waals surface area contributed by atoms with E-state index in [4.69, 9.17) is 14.2 Å². The topological polar surface area (TPSA) is 44.8 Å². The van der Waals surface area contributed by atoms with Crippen LogP contribution in [0.15, 0.2) is 16.6 Å². The van der Waals surface area contributed by atoms with E-state index in [2.05, 4.69) is 34.7 Å². The van der Waals surface area contributed by atoms with E-state index in [9.17, 15) is 4.79 Å². The van der Waals surface area contributed by atoms with Crippen molar-refractivity contribution in [2.45, 2.75) is 0 Å². The number of carbonyl (C=O) groups is 1. The van der Waals surface area contributed by atoms with Gasteiger partial charge in [-0.15, -0.1) is 0 Å². The summed E-state index contributed by atoms with van der Waals surface area (Å²) in [5.41, 5.74) is 0.485. The number of methoxy groups -OCH3 is 1. The number of carbonyl (C=O) groups excluding carboxylic acids is 1. The lowest BCUT2D eigenvalue weighted by Gasteiger charge is -2.24. The van der Waals surface area contributed by atoms with Crippen molar-refractivity contribution in [1.29, 1.82) is 0 Å². The number of hydrogen-bond acceptors (Lipinski definition) is 4. The Kier molecular flexibility index (Phi) is 6.85. The SMILES string of the molecule is COc1cc(OCOCCS(C)(C)C)cc(C=O)c1Br. The first-order valence-corrected chi connectivity index (χ1v) is 9.88. The van der Waals surface area contributed by atoms with E-state index >= 15 is 0 Å². The Balaban J connectivity index is 2.54. The molecule has 0 aliphatic carbocycles. The lowest BCUT2D eigenvalue weighted by Crippen LogP contribution is -2.10. The predicted molar refractivity (Wildman–Crippen MR) is 87.8 cm³/mol. The average molecular weight is 365 g/mol. The molecule has 0 unspecified atom stereocenters. The monoisotopic (exact) mass is 364 g/mol. The van der Waals surface area contributed by atoms with Crippen molar-refractivity contribution in [1.82, 2.24) is 0 Å². The van der Waals surface area contributed by atoms with Gasteiger partial charge in [-0.3, -0.25) is 4.79 Å². The summed E-state index contributed by atoms with van der Waals surface area (Å²) in [4.78, 5) is 11.0. The third-order valence-corrected chi connectivity index (χ3v) is 4.78. The zero-order chi connectivity index (χ0) is 15.2. The maximum atomic E-state index is 11.0. The van der Waals surface area contributed by atoms with Crippen molar-refractivity contribution >= 4 is 32.2 Å². The molecule has 0 fully saturated rings. The zero-order valence-electron chi connectivity index (χ0n) is 12.3. The van der Waals surface area contributed by atoms with Gasteiger partial charge in [0.05, 0.1) is 18.2 Å². The van der Waals surface area contributed by atoms with Crippen LogP contribution in [0.25, 0.3) is 0 Å². The van der Waals surface area contributed by atoms with Crippen molar-refractivity contribution in [2.75, 3.05) is 45.0 Å². The summed E-state index contributed by atoms with van der Waals surface area (Å²) in [5, 5.41) is 0. The third kappa shape index (κ3) is 5.73. The van der Waals surface area contributed by atoms with E-state index in [0.29, 0.717) is 28.1 Å². The average Bonchev–Trinajstić information content (AvgIpc) is 2.38. The summed E-state index contributed by atoms with van der Waals surface area (Å²) in [7, 11) is 0.993. The van der Waals surface area contributed by atoms with E-state index in [1.807, 2.05) is 0 Å². The predicted octanol–water partition coefficient (Wildman–Crippen LogP) is 3.32. The summed E-state index contributed by atoms with van der Waals surface area (Å²) >= 11 is 3.31. The number of benzene rings is 1. The molecule has 0 spiro atoms. The van der Waals surface area contributed by atoms with E-state index < -0.39 is 10.0 Å². The van der Waals surface area contributed by atoms with Crippen molar-refractivity contribution in [2.24, 2.45) is 0 Å². The summed E-state index contributed by atoms with van der Waals surface area (Å²) in [5.74, 6) is 2.15. The fourth-order valence-electron chi connectivity index (χ4n) is 1.39. The van der Waals surface area contributed by atoms with Crippen molar-refractivity contribution in [3.63, 3.8) is 0 Å². The molecule has 20 heavy (non-hydrogen) atoms. The first-order chi connectivity index (χ1) is 9.37. The van der Waals surface area contributed by atoms with Crippen molar-refractivity contribution in [3.05, 3.63) is 22.2 Å². The van der Waals surface area contributed by atoms with Gasteiger partial charge in [-0.2, -0.15) is 0 Å². The number of halogens is 1. The van der Waals surface area contributed by atoms with Gasteiger partial charge in [-0.1, -0.05) is 0 Å². The highest BCUT2D eigenvalue weighted by Gasteiger charge is 2.10. The van der Waals surface area contributed by atoms with Gasteiger partial charge < -0.3 is 14.2 Å². The Morgan fingerprint density at radius 2 is 2.00 bits per heavy atom. The van der Waals surface area contributed by atoms with Gasteiger partial charge in [0.25, 0.3) is 0 Å². The van der Waals surface area contributed by atoms with Crippen LogP contribution in [-0.4, -0.2) is 51.3 Å². The van der Waals surface area contributed by atoms with Crippen LogP contribution in [0.2, 0.25) is 0 Å². The van der Waals surface area contributed by atoms with Crippen molar-refractivity contribution in [3.8, 4) is 11.5 Å². The maximum absolute atomic E-state index is 11.0. The van der Waals surface area contributed by atoms with Crippen LogP contribution in [0.4, 0.5) is 0 Å². The molecule has 6 heteroatoms. The molecule has 114 valence electrons. The van der Waals surface area contributed by atoms with E-state index in [1.54, 1.807) is 19.2 Å². The summed E-state index contributed by atoms with van der Waals surface area (Å²) in [6.07, 6.45) is 7.48. The number of ether oxygens (including phenoxy) is 3. The van der Waals surface area contributed by atoms with Crippen LogP contribution in [0.1, 0.15) is 10.4 Å². The standard InChI is InChI=1S/C14H21BrO4S/c1-17-13-8-12(7-11(9-16)14(13)15)19-10-18-5-6-20(2,3)4/h7-9H,5-6,10H2,1-4H3. The highest BCUT2D eigenvalue weighted by Crippen LogP contribution is 2.34. The molecule has 0 aliphatic rings. The first-order valence-electron chi connectivity index (χ1n) is 6.06. The van der Waals surface area contributed by atoms with Gasteiger partial charge in [-0.05, 0) is 40.8 Å². The highest BCUT2D eigenvalue weighted by molar-refractivity contribution is 9.10. The molecule has 0 saturated carbocycles. The first kappa shape index (κ1) is 17.3. The molecule has 0 radical (unpaired) electrons. The fraction of sp³-hybridized carbons (Fsp3) is 0.500. The molecule has 0 N–H and O–H groups in total. The molecule has 4 nitrogen and oxygen atoms in total. The summed E-state index contributed by atoms with van der Waals surface area (Å²) in [6.45, 7) is 0.839. The van der Waals surface area contributed by atoms with Gasteiger partial charge in [-0.25, -0.2) is 10.0 Å². The van der Waals surface area contributed by atoms with Crippen LogP contribution >= 0.6 is 26.0 Å². The summed E-state index contributed by atoms with van der Waals surface area (Å²) < 4.78 is 16.7. The molecule has 0 aromatic heterocycles. The van der Waals surface area contributed by atoms with Gasteiger partial charge in [0, 0.05) is 17.4 Å². The third-order valence-electron chi connectivity index (χ3n) is 2.54. The lowest BCUT2D eigenvalue weighted by molar-refractivity contribution is 0.0235. The Labute approximate surface area is 130 Å². The number of aldehydes is 1. The molecular weight excluding hydrogens is 344 g/mol. The minimum absolute atomic E-state index is 0.165. The Bertz CT molecular complexity index is 457. The molecule has 0 heterocycles. The Morgan fingerprint density at radius 1 is 1.30 bits per heavy atom. The molecular formula is C14H21BrO4S. The second-order valence-corrected chi connectivity index (χ2v) is 10.5. The highest BCUT2D eigenvalue weighted by atomic mass is 79.9. The number of hydrogen-bond donors (Lipinski definition) is 0. The smallest absolute Gasteiger partial charge is 0.189 e. The largest absolute Gasteiger partial charge is 0.495 e. The van der Waals surface area contributed by atoms with Gasteiger partial charge in [0.1, 0.15) is 11.5 Å². The van der Waals surface area contributed by atoms with Crippen LogP contribution < -0.4 is 9.47 Å². The van der Waals surface area contributed by atoms with Crippen LogP contribution in [0, 0.1) is 0 Å². The summed E-state index contributed by atoms with van der Waals surface area (Å²) in [6, 6.07) is 3.37. The molecule has 0 aliphatic heterocycles. The minimum Gasteiger partial charge on any atom is -0.495 e. The molecule has 1 rings (SSSR count).